The van der Waals surface area contributed by atoms with Crippen molar-refractivity contribution in [3.8, 4) is 28.7 Å². The zero-order valence-electron chi connectivity index (χ0n) is 34.8. The molecule has 0 unspecified atom stereocenters. The summed E-state index contributed by atoms with van der Waals surface area (Å²) in [6.45, 7) is 14.8. The van der Waals surface area contributed by atoms with Crippen LogP contribution in [0, 0.1) is 0 Å². The van der Waals surface area contributed by atoms with Gasteiger partial charge in [0.25, 0.3) is 0 Å². The van der Waals surface area contributed by atoms with E-state index in [-0.39, 0.29) is 0 Å². The van der Waals surface area contributed by atoms with Crippen LogP contribution in [0.5, 0.6) is 28.7 Å². The molecule has 0 aromatic heterocycles. The predicted molar refractivity (Wildman–Crippen MR) is 231 cm³/mol. The molecular weight excluding hydrogens is 687 g/mol. The van der Waals surface area contributed by atoms with Crippen LogP contribution in [0.1, 0.15) is 149 Å². The first-order chi connectivity index (χ1) is 27.1. The van der Waals surface area contributed by atoms with Crippen LogP contribution in [0.3, 0.4) is 0 Å². The van der Waals surface area contributed by atoms with Gasteiger partial charge in [0.1, 0.15) is 5.75 Å². The van der Waals surface area contributed by atoms with Crippen molar-refractivity contribution in [2.24, 2.45) is 5.11 Å². The van der Waals surface area contributed by atoms with Crippen molar-refractivity contribution in [3.63, 3.8) is 0 Å². The maximum absolute atomic E-state index is 8.92. The molecule has 0 spiro atoms. The molecule has 0 heterocycles. The molecule has 0 aliphatic rings. The highest BCUT2D eigenvalue weighted by molar-refractivity contribution is 6.28. The Bertz CT molecular complexity index is 1780. The highest BCUT2D eigenvalue weighted by Crippen LogP contribution is 2.49. The normalized spacial score (nSPS) is 11.3. The molecule has 4 aromatic rings. The third kappa shape index (κ3) is 13.0. The van der Waals surface area contributed by atoms with Gasteiger partial charge in [-0.05, 0) is 126 Å². The summed E-state index contributed by atoms with van der Waals surface area (Å²) in [6, 6.07) is 13.2. The SMILES string of the molecule is CCCCCOc1cc(CCCCN=[N+]=[N-])c2c(c1)c1cc(OCCCCC)c(OCCCCC)cc1c1c(OCCCCC)c(OCCCCC)ccc21. The summed E-state index contributed by atoms with van der Waals surface area (Å²) >= 11 is 0. The Labute approximate surface area is 331 Å². The fraction of sp³-hybridized carbons (Fsp3) is 0.617. The molecule has 8 nitrogen and oxygen atoms in total. The lowest BCUT2D eigenvalue weighted by atomic mass is 9.89. The summed E-state index contributed by atoms with van der Waals surface area (Å²) in [4.78, 5) is 2.99. The van der Waals surface area contributed by atoms with Crippen LogP contribution in [-0.2, 0) is 6.42 Å². The molecule has 0 aliphatic heterocycles. The van der Waals surface area contributed by atoms with Crippen LogP contribution in [0.4, 0.5) is 0 Å². The monoisotopic (exact) mass is 756 g/mol. The summed E-state index contributed by atoms with van der Waals surface area (Å²) in [6.07, 6.45) is 18.8. The smallest absolute Gasteiger partial charge is 0.169 e. The number of hydrogen-bond acceptors (Lipinski definition) is 6. The van der Waals surface area contributed by atoms with Crippen molar-refractivity contribution in [2.45, 2.75) is 150 Å². The van der Waals surface area contributed by atoms with E-state index in [2.05, 4.69) is 81.0 Å². The summed E-state index contributed by atoms with van der Waals surface area (Å²) in [5.74, 6) is 4.03. The van der Waals surface area contributed by atoms with Gasteiger partial charge in [0, 0.05) is 16.8 Å². The van der Waals surface area contributed by atoms with E-state index < -0.39 is 0 Å². The van der Waals surface area contributed by atoms with Gasteiger partial charge in [0.05, 0.1) is 33.0 Å². The van der Waals surface area contributed by atoms with E-state index in [9.17, 15) is 0 Å². The minimum absolute atomic E-state index is 0.486. The van der Waals surface area contributed by atoms with Crippen LogP contribution in [0.15, 0.2) is 41.5 Å². The molecule has 4 rings (SSSR count). The molecule has 0 atom stereocenters. The number of unbranched alkanes of at least 4 members (excludes halogenated alkanes) is 11. The summed E-state index contributed by atoms with van der Waals surface area (Å²) < 4.78 is 33.1. The van der Waals surface area contributed by atoms with Gasteiger partial charge in [-0.15, -0.1) is 0 Å². The maximum Gasteiger partial charge on any atom is 0.169 e. The number of rotatable bonds is 30. The van der Waals surface area contributed by atoms with Crippen molar-refractivity contribution >= 4 is 32.3 Å². The Morgan fingerprint density at radius 2 is 0.982 bits per heavy atom. The van der Waals surface area contributed by atoms with Crippen molar-refractivity contribution in [2.75, 3.05) is 39.6 Å². The van der Waals surface area contributed by atoms with Crippen LogP contribution < -0.4 is 23.7 Å². The van der Waals surface area contributed by atoms with E-state index in [1.54, 1.807) is 0 Å². The van der Waals surface area contributed by atoms with Gasteiger partial charge in [-0.1, -0.05) is 104 Å². The summed E-state index contributed by atoms with van der Waals surface area (Å²) in [7, 11) is 0. The Balaban J connectivity index is 2.06. The molecule has 0 bridgehead atoms. The predicted octanol–water partition coefficient (Wildman–Crippen LogP) is 14.6. The van der Waals surface area contributed by atoms with Gasteiger partial charge in [-0.2, -0.15) is 0 Å². The first kappa shape index (κ1) is 43.7. The third-order valence-electron chi connectivity index (χ3n) is 10.3. The van der Waals surface area contributed by atoms with Gasteiger partial charge in [-0.25, -0.2) is 0 Å². The second kappa shape index (κ2) is 25.2. The number of hydrogen-bond donors (Lipinski definition) is 0. The number of ether oxygens (including phenoxy) is 5. The van der Waals surface area contributed by atoms with Crippen molar-refractivity contribution in [1.29, 1.82) is 0 Å². The average Bonchev–Trinajstić information content (AvgIpc) is 3.20. The summed E-state index contributed by atoms with van der Waals surface area (Å²) in [5.41, 5.74) is 10.1. The molecule has 0 saturated carbocycles. The minimum Gasteiger partial charge on any atom is -0.494 e. The standard InChI is InChI=1S/C47H69N3O5/c1-6-11-18-27-51-37-32-36(23-16-17-26-49-50-48)45-38-24-25-42(52-28-19-12-7-2)47(55-31-22-15-10-5)46(38)41-35-44(54-30-21-14-9-4)43(53-29-20-13-8-3)34-39(41)40(45)33-37/h24-25,32-35H,6-23,26-31H2,1-5H3. The molecule has 0 saturated heterocycles. The molecule has 55 heavy (non-hydrogen) atoms. The lowest BCUT2D eigenvalue weighted by Gasteiger charge is -2.22. The van der Waals surface area contributed by atoms with Crippen LogP contribution >= 0.6 is 0 Å². The topological polar surface area (TPSA) is 94.9 Å². The van der Waals surface area contributed by atoms with E-state index in [0.717, 1.165) is 171 Å². The van der Waals surface area contributed by atoms with Crippen LogP contribution in [-0.4, -0.2) is 39.6 Å². The lowest BCUT2D eigenvalue weighted by Crippen LogP contribution is -2.05. The minimum atomic E-state index is 0.486. The summed E-state index contributed by atoms with van der Waals surface area (Å²) in [5, 5.41) is 10.5. The van der Waals surface area contributed by atoms with Crippen molar-refractivity contribution in [1.82, 2.24) is 0 Å². The van der Waals surface area contributed by atoms with Crippen molar-refractivity contribution in [3.05, 3.63) is 52.4 Å². The highest BCUT2D eigenvalue weighted by atomic mass is 16.5. The number of benzene rings is 4. The Hall–Kier alpha value is -4.03. The molecule has 0 aliphatic carbocycles. The largest absolute Gasteiger partial charge is 0.494 e. The second-order valence-electron chi connectivity index (χ2n) is 14.9. The molecule has 0 fully saturated rings. The van der Waals surface area contributed by atoms with E-state index >= 15 is 0 Å². The zero-order chi connectivity index (χ0) is 39.1. The van der Waals surface area contributed by atoms with E-state index in [0.29, 0.717) is 39.6 Å². The number of aryl methyl sites for hydroxylation is 1. The van der Waals surface area contributed by atoms with Gasteiger partial charge >= 0.3 is 0 Å². The van der Waals surface area contributed by atoms with E-state index in [4.69, 9.17) is 29.2 Å². The quantitative estimate of drug-likeness (QED) is 0.0174. The molecule has 0 amide bonds. The van der Waals surface area contributed by atoms with Crippen LogP contribution in [0.2, 0.25) is 0 Å². The number of fused-ring (bicyclic) bond motifs is 6. The second-order valence-corrected chi connectivity index (χ2v) is 14.9. The fourth-order valence-electron chi connectivity index (χ4n) is 7.21. The average molecular weight is 756 g/mol. The number of azide groups is 1. The Morgan fingerprint density at radius 3 is 1.55 bits per heavy atom. The van der Waals surface area contributed by atoms with Gasteiger partial charge in [0.15, 0.2) is 23.0 Å². The third-order valence-corrected chi connectivity index (χ3v) is 10.3. The lowest BCUT2D eigenvalue weighted by molar-refractivity contribution is 0.260. The van der Waals surface area contributed by atoms with Gasteiger partial charge < -0.3 is 23.7 Å². The van der Waals surface area contributed by atoms with E-state index in [1.165, 1.54) is 10.9 Å². The first-order valence-electron chi connectivity index (χ1n) is 21.8. The molecule has 0 N–H and O–H groups in total. The Morgan fingerprint density at radius 1 is 0.473 bits per heavy atom. The fourth-order valence-corrected chi connectivity index (χ4v) is 7.21. The maximum atomic E-state index is 8.92. The molecule has 302 valence electrons. The molecular formula is C47H69N3O5. The van der Waals surface area contributed by atoms with Gasteiger partial charge in [0.2, 0.25) is 0 Å². The molecule has 8 heteroatoms. The van der Waals surface area contributed by atoms with E-state index in [1.807, 2.05) is 0 Å². The number of nitrogens with zero attached hydrogens (tertiary/aromatic N) is 3. The highest BCUT2D eigenvalue weighted by Gasteiger charge is 2.22. The van der Waals surface area contributed by atoms with Gasteiger partial charge in [-0.3, -0.25) is 0 Å². The molecule has 0 radical (unpaired) electrons. The zero-order valence-corrected chi connectivity index (χ0v) is 34.8. The van der Waals surface area contributed by atoms with Crippen LogP contribution in [0.25, 0.3) is 42.8 Å². The Kier molecular flexibility index (Phi) is 20.0. The molecule has 4 aromatic carbocycles. The van der Waals surface area contributed by atoms with Crippen molar-refractivity contribution < 1.29 is 23.7 Å². The first-order valence-corrected chi connectivity index (χ1v) is 21.8.